The monoisotopic (exact) mass is 429 g/mol. The van der Waals surface area contributed by atoms with Crippen LogP contribution in [-0.4, -0.2) is 52.1 Å². The third kappa shape index (κ3) is 4.15. The van der Waals surface area contributed by atoms with Crippen molar-refractivity contribution in [3.8, 4) is 5.69 Å². The number of carbonyl (C=O) groups excluding carboxylic acids is 1. The molecule has 2 unspecified atom stereocenters. The van der Waals surface area contributed by atoms with Crippen molar-refractivity contribution < 1.29 is 4.79 Å². The highest BCUT2D eigenvalue weighted by Gasteiger charge is 2.33. The molecular formula is C26H31N5O. The zero-order valence-electron chi connectivity index (χ0n) is 18.9. The molecule has 2 aliphatic heterocycles. The fourth-order valence-electron chi connectivity index (χ4n) is 5.12. The number of nitrogens with one attached hydrogen (secondary N) is 1. The first kappa shape index (κ1) is 20.8. The van der Waals surface area contributed by atoms with E-state index in [1.54, 1.807) is 12.5 Å². The summed E-state index contributed by atoms with van der Waals surface area (Å²) in [7, 11) is 0. The molecule has 2 atom stereocenters. The third-order valence-corrected chi connectivity index (χ3v) is 6.99. The number of rotatable bonds is 5. The predicted molar refractivity (Wildman–Crippen MR) is 129 cm³/mol. The van der Waals surface area contributed by atoms with Crippen LogP contribution in [0.25, 0.3) is 5.69 Å². The molecule has 32 heavy (non-hydrogen) atoms. The van der Waals surface area contributed by atoms with Crippen molar-refractivity contribution in [2.45, 2.75) is 45.2 Å². The maximum absolute atomic E-state index is 12.8. The number of anilines is 2. The van der Waals surface area contributed by atoms with Crippen LogP contribution in [0.4, 0.5) is 11.4 Å². The lowest BCUT2D eigenvalue weighted by Crippen LogP contribution is -2.39. The first-order valence-electron chi connectivity index (χ1n) is 11.6. The number of carbonyl (C=O) groups is 1. The molecule has 3 heterocycles. The molecule has 5 rings (SSSR count). The van der Waals surface area contributed by atoms with Gasteiger partial charge < -0.3 is 14.8 Å². The molecule has 0 spiro atoms. The highest BCUT2D eigenvalue weighted by atomic mass is 16.1. The minimum atomic E-state index is -0.0951. The maximum Gasteiger partial charge on any atom is 0.255 e. The minimum absolute atomic E-state index is 0.0951. The van der Waals surface area contributed by atoms with Crippen LogP contribution in [-0.2, 0) is 0 Å². The smallest absolute Gasteiger partial charge is 0.255 e. The van der Waals surface area contributed by atoms with Crippen molar-refractivity contribution in [3.05, 3.63) is 72.3 Å². The third-order valence-electron chi connectivity index (χ3n) is 6.99. The van der Waals surface area contributed by atoms with Crippen LogP contribution in [0.1, 0.15) is 42.1 Å². The summed E-state index contributed by atoms with van der Waals surface area (Å²) >= 11 is 0. The number of aryl methyl sites for hydroxylation is 1. The van der Waals surface area contributed by atoms with Crippen molar-refractivity contribution in [2.75, 3.05) is 29.9 Å². The van der Waals surface area contributed by atoms with Crippen LogP contribution < -0.4 is 10.2 Å². The van der Waals surface area contributed by atoms with Gasteiger partial charge in [0.15, 0.2) is 0 Å². The summed E-state index contributed by atoms with van der Waals surface area (Å²) in [5.74, 6) is -0.0951. The summed E-state index contributed by atoms with van der Waals surface area (Å²) in [6, 6.07) is 15.3. The zero-order chi connectivity index (χ0) is 22.1. The first-order chi connectivity index (χ1) is 15.6. The molecule has 0 saturated carbocycles. The fraction of sp³-hybridized carbons (Fsp3) is 0.385. The number of hydrogen-bond donors (Lipinski definition) is 1. The van der Waals surface area contributed by atoms with Crippen molar-refractivity contribution in [1.82, 2.24) is 14.5 Å². The lowest BCUT2D eigenvalue weighted by Gasteiger charge is -2.28. The molecule has 3 aromatic rings. The van der Waals surface area contributed by atoms with Crippen molar-refractivity contribution in [3.63, 3.8) is 0 Å². The summed E-state index contributed by atoms with van der Waals surface area (Å²) in [4.78, 5) is 22.0. The second-order valence-corrected chi connectivity index (χ2v) is 9.09. The molecule has 166 valence electrons. The largest absolute Gasteiger partial charge is 0.370 e. The Bertz CT molecular complexity index is 1080. The summed E-state index contributed by atoms with van der Waals surface area (Å²) in [5.41, 5.74) is 4.82. The van der Waals surface area contributed by atoms with Gasteiger partial charge in [0.05, 0.1) is 6.33 Å². The van der Waals surface area contributed by atoms with E-state index in [-0.39, 0.29) is 5.91 Å². The molecule has 2 aliphatic rings. The highest BCUT2D eigenvalue weighted by molar-refractivity contribution is 6.04. The Morgan fingerprint density at radius 1 is 1.06 bits per heavy atom. The summed E-state index contributed by atoms with van der Waals surface area (Å²) in [6.07, 6.45) is 9.26. The molecule has 1 amide bonds. The molecule has 0 aliphatic carbocycles. The SMILES string of the molecule is Cc1cc(N2CCC(N3CCCC3C)C2)ccc1NC(=O)c1ccc(-n2ccnc2)cc1. The predicted octanol–water partition coefficient (Wildman–Crippen LogP) is 4.50. The number of nitrogens with zero attached hydrogens (tertiary/aromatic N) is 4. The molecule has 2 saturated heterocycles. The van der Waals surface area contributed by atoms with Gasteiger partial charge in [-0.1, -0.05) is 0 Å². The van der Waals surface area contributed by atoms with Crippen molar-refractivity contribution in [2.24, 2.45) is 0 Å². The Labute approximate surface area is 189 Å². The Morgan fingerprint density at radius 2 is 1.88 bits per heavy atom. The number of aromatic nitrogens is 2. The van der Waals surface area contributed by atoms with E-state index in [0.29, 0.717) is 17.6 Å². The Balaban J connectivity index is 1.23. The van der Waals surface area contributed by atoms with E-state index in [2.05, 4.69) is 46.1 Å². The molecule has 0 radical (unpaired) electrons. The van der Waals surface area contributed by atoms with E-state index in [1.165, 1.54) is 31.5 Å². The topological polar surface area (TPSA) is 53.4 Å². The van der Waals surface area contributed by atoms with Crippen LogP contribution in [0.5, 0.6) is 0 Å². The van der Waals surface area contributed by atoms with E-state index in [9.17, 15) is 4.79 Å². The van der Waals surface area contributed by atoms with Crippen molar-refractivity contribution >= 4 is 17.3 Å². The minimum Gasteiger partial charge on any atom is -0.370 e. The lowest BCUT2D eigenvalue weighted by atomic mass is 10.1. The van der Waals surface area contributed by atoms with Gasteiger partial charge in [-0.3, -0.25) is 9.69 Å². The standard InChI is InChI=1S/C26H31N5O/c1-19-16-23(29-14-11-24(17-29)31-13-3-4-20(31)2)9-10-25(19)28-26(32)21-5-7-22(8-6-21)30-15-12-27-18-30/h5-10,12,15-16,18,20,24H,3-4,11,13-14,17H2,1-2H3,(H,28,32). The molecule has 1 aromatic heterocycles. The molecule has 2 aromatic carbocycles. The average molecular weight is 430 g/mol. The van der Waals surface area contributed by atoms with Gasteiger partial charge in [-0.05, 0) is 87.7 Å². The van der Waals surface area contributed by atoms with E-state index in [0.717, 1.165) is 30.0 Å². The zero-order valence-corrected chi connectivity index (χ0v) is 18.9. The van der Waals surface area contributed by atoms with E-state index in [1.807, 2.05) is 41.1 Å². The number of hydrogen-bond acceptors (Lipinski definition) is 4. The van der Waals surface area contributed by atoms with Crippen LogP contribution in [0.3, 0.4) is 0 Å². The molecular weight excluding hydrogens is 398 g/mol. The summed E-state index contributed by atoms with van der Waals surface area (Å²) in [5, 5.41) is 3.07. The van der Waals surface area contributed by atoms with Gasteiger partial charge in [0.2, 0.25) is 0 Å². The maximum atomic E-state index is 12.8. The first-order valence-corrected chi connectivity index (χ1v) is 11.6. The second kappa shape index (κ2) is 8.79. The molecule has 2 fully saturated rings. The van der Waals surface area contributed by atoms with Gasteiger partial charge in [-0.2, -0.15) is 0 Å². The highest BCUT2D eigenvalue weighted by Crippen LogP contribution is 2.30. The number of likely N-dealkylation sites (tertiary alicyclic amines) is 1. The van der Waals surface area contributed by atoms with Crippen LogP contribution in [0, 0.1) is 6.92 Å². The van der Waals surface area contributed by atoms with Gasteiger partial charge in [0, 0.05) is 60.2 Å². The summed E-state index contributed by atoms with van der Waals surface area (Å²) < 4.78 is 1.91. The van der Waals surface area contributed by atoms with Crippen LogP contribution >= 0.6 is 0 Å². The number of benzene rings is 2. The van der Waals surface area contributed by atoms with Crippen LogP contribution in [0.15, 0.2) is 61.2 Å². The Kier molecular flexibility index (Phi) is 5.70. The van der Waals surface area contributed by atoms with Gasteiger partial charge in [0.1, 0.15) is 0 Å². The molecule has 6 nitrogen and oxygen atoms in total. The van der Waals surface area contributed by atoms with E-state index in [4.69, 9.17) is 0 Å². The number of imidazole rings is 1. The average Bonchev–Trinajstić information content (AvgIpc) is 3.57. The quantitative estimate of drug-likeness (QED) is 0.649. The Hall–Kier alpha value is -3.12. The number of amides is 1. The molecule has 0 bridgehead atoms. The normalized spacial score (nSPS) is 21.2. The van der Waals surface area contributed by atoms with Gasteiger partial charge in [-0.15, -0.1) is 0 Å². The van der Waals surface area contributed by atoms with Crippen LogP contribution in [0.2, 0.25) is 0 Å². The van der Waals surface area contributed by atoms with Gasteiger partial charge in [0.25, 0.3) is 5.91 Å². The van der Waals surface area contributed by atoms with E-state index >= 15 is 0 Å². The Morgan fingerprint density at radius 3 is 2.56 bits per heavy atom. The van der Waals surface area contributed by atoms with Gasteiger partial charge >= 0.3 is 0 Å². The second-order valence-electron chi connectivity index (χ2n) is 9.09. The summed E-state index contributed by atoms with van der Waals surface area (Å²) in [6.45, 7) is 7.87. The fourth-order valence-corrected chi connectivity index (χ4v) is 5.12. The van der Waals surface area contributed by atoms with E-state index < -0.39 is 0 Å². The van der Waals surface area contributed by atoms with Gasteiger partial charge in [-0.25, -0.2) is 4.98 Å². The molecule has 1 N–H and O–H groups in total. The lowest BCUT2D eigenvalue weighted by molar-refractivity contribution is 0.102. The van der Waals surface area contributed by atoms with Crippen molar-refractivity contribution in [1.29, 1.82) is 0 Å². The molecule has 6 heteroatoms.